The Balaban J connectivity index is 1.99. The summed E-state index contributed by atoms with van der Waals surface area (Å²) in [5, 5.41) is -4.64. The largest absolute Gasteiger partial charge is 0.743 e. The van der Waals surface area contributed by atoms with E-state index in [0.29, 0.717) is 4.70 Å². The molecule has 136 valence electrons. The van der Waals surface area contributed by atoms with Crippen molar-refractivity contribution in [3.8, 4) is 5.75 Å². The molecule has 0 atom stereocenters. The topological polar surface area (TPSA) is 123 Å². The van der Waals surface area contributed by atoms with Gasteiger partial charge in [0.25, 0.3) is 0 Å². The molecule has 0 aliphatic heterocycles. The molecule has 25 heavy (non-hydrogen) atoms. The van der Waals surface area contributed by atoms with Crippen molar-refractivity contribution in [2.45, 2.75) is 5.25 Å². The third kappa shape index (κ3) is 4.48. The number of esters is 1. The van der Waals surface area contributed by atoms with Crippen molar-refractivity contribution in [3.05, 3.63) is 40.1 Å². The van der Waals surface area contributed by atoms with Gasteiger partial charge in [0.15, 0.2) is 21.5 Å². The summed E-state index contributed by atoms with van der Waals surface area (Å²) in [6, 6.07) is 4.39. The van der Waals surface area contributed by atoms with Gasteiger partial charge in [-0.3, -0.25) is 0 Å². The molecule has 0 saturated carbocycles. The zero-order valence-electron chi connectivity index (χ0n) is 12.2. The summed E-state index contributed by atoms with van der Waals surface area (Å²) in [5.41, 5.74) is -0.391. The van der Waals surface area contributed by atoms with E-state index in [-0.39, 0.29) is 11.3 Å². The summed E-state index contributed by atoms with van der Waals surface area (Å²) < 4.78 is 71.2. The number of hydrogen-bond acceptors (Lipinski definition) is 9. The lowest BCUT2D eigenvalue weighted by Crippen LogP contribution is -2.34. The lowest BCUT2D eigenvalue weighted by molar-refractivity contribution is -0.131. The van der Waals surface area contributed by atoms with E-state index in [2.05, 4.69) is 11.3 Å². The number of carbonyl (C=O) groups is 1. The fraction of sp³-hybridized carbons (Fsp3) is 0.231. The van der Waals surface area contributed by atoms with Crippen LogP contribution in [0.4, 0.5) is 8.78 Å². The molecule has 12 heteroatoms. The Bertz CT molecular complexity index is 973. The molecule has 0 amide bonds. The van der Waals surface area contributed by atoms with Crippen molar-refractivity contribution in [1.29, 1.82) is 0 Å². The highest BCUT2D eigenvalue weighted by molar-refractivity contribution is 7.86. The summed E-state index contributed by atoms with van der Waals surface area (Å²) in [5.74, 6) is -1.16. The zero-order valence-corrected chi connectivity index (χ0v) is 13.8. The van der Waals surface area contributed by atoms with Crippen LogP contribution in [-0.2, 0) is 19.6 Å². The number of fused-ring (bicyclic) bond motifs is 1. The van der Waals surface area contributed by atoms with E-state index in [4.69, 9.17) is 9.15 Å². The van der Waals surface area contributed by atoms with Gasteiger partial charge in [0.05, 0.1) is 16.9 Å². The van der Waals surface area contributed by atoms with E-state index in [0.717, 1.165) is 11.3 Å². The van der Waals surface area contributed by atoms with E-state index in [1.165, 1.54) is 12.1 Å². The number of alkyl halides is 2. The number of rotatable bonds is 7. The highest BCUT2D eigenvalue weighted by Gasteiger charge is 2.38. The molecule has 0 aliphatic carbocycles. The fourth-order valence-corrected chi connectivity index (χ4v) is 2.46. The molecule has 1 aromatic heterocycles. The monoisotopic (exact) mass is 395 g/mol. The summed E-state index contributed by atoms with van der Waals surface area (Å²) in [6.45, 7) is 0.722. The first kappa shape index (κ1) is 19.2. The number of halogens is 2. The van der Waals surface area contributed by atoms with Crippen LogP contribution in [0, 0.1) is 0 Å². The van der Waals surface area contributed by atoms with E-state index in [9.17, 15) is 31.3 Å². The van der Waals surface area contributed by atoms with Crippen LogP contribution in [0.3, 0.4) is 0 Å². The molecule has 2 aromatic rings. The average Bonchev–Trinajstić information content (AvgIpc) is 2.87. The predicted molar refractivity (Wildman–Crippen MR) is 80.6 cm³/mol. The molecule has 0 unspecified atom stereocenters. The van der Waals surface area contributed by atoms with Crippen LogP contribution in [0.15, 0.2) is 39.6 Å². The lowest BCUT2D eigenvalue weighted by Gasteiger charge is -2.19. The second-order valence-corrected chi connectivity index (χ2v) is 7.10. The standard InChI is InChI=1S/C13H10F2O8S2/c1-7(5-21-6-13(14,15)25(18,19)20)11(16)22-8-3-2-4-9-10(8)23-12(17)24-9/h2-4H,1,5-6H2,(H,18,19,20)/p-1. The molecule has 0 fully saturated rings. The normalized spacial score (nSPS) is 12.3. The smallest absolute Gasteiger partial charge is 0.396 e. The van der Waals surface area contributed by atoms with Crippen LogP contribution >= 0.6 is 11.3 Å². The summed E-state index contributed by atoms with van der Waals surface area (Å²) in [6.07, 6.45) is 0. The van der Waals surface area contributed by atoms with E-state index < -0.39 is 45.1 Å². The number of para-hydroxylation sites is 1. The molecule has 0 radical (unpaired) electrons. The van der Waals surface area contributed by atoms with Gasteiger partial charge in [-0.15, -0.1) is 0 Å². The number of benzene rings is 1. The van der Waals surface area contributed by atoms with Gasteiger partial charge in [-0.1, -0.05) is 24.0 Å². The maximum absolute atomic E-state index is 12.9. The maximum Gasteiger partial charge on any atom is 0.396 e. The first-order valence-corrected chi connectivity index (χ1v) is 8.57. The highest BCUT2D eigenvalue weighted by atomic mass is 32.2. The minimum absolute atomic E-state index is 0.0311. The van der Waals surface area contributed by atoms with Crippen molar-refractivity contribution >= 4 is 37.7 Å². The van der Waals surface area contributed by atoms with Gasteiger partial charge in [0, 0.05) is 0 Å². The molecule has 0 aliphatic rings. The molecule has 1 heterocycles. The molecule has 0 bridgehead atoms. The minimum Gasteiger partial charge on any atom is -0.743 e. The van der Waals surface area contributed by atoms with E-state index in [1.807, 2.05) is 0 Å². The quantitative estimate of drug-likeness (QED) is 0.299. The van der Waals surface area contributed by atoms with Crippen molar-refractivity contribution in [1.82, 2.24) is 0 Å². The molecule has 0 saturated heterocycles. The fourth-order valence-electron chi connectivity index (χ4n) is 1.55. The predicted octanol–water partition coefficient (Wildman–Crippen LogP) is 1.47. The summed E-state index contributed by atoms with van der Waals surface area (Å²) >= 11 is 0.790. The van der Waals surface area contributed by atoms with E-state index in [1.54, 1.807) is 6.07 Å². The molecule has 0 spiro atoms. The zero-order chi connectivity index (χ0) is 18.8. The molecule has 2 rings (SSSR count). The van der Waals surface area contributed by atoms with Gasteiger partial charge < -0.3 is 18.4 Å². The Morgan fingerprint density at radius 3 is 2.72 bits per heavy atom. The maximum atomic E-state index is 12.9. The van der Waals surface area contributed by atoms with Crippen LogP contribution in [0.2, 0.25) is 0 Å². The number of carbonyl (C=O) groups excluding carboxylic acids is 1. The van der Waals surface area contributed by atoms with Crippen molar-refractivity contribution in [3.63, 3.8) is 0 Å². The van der Waals surface area contributed by atoms with Gasteiger partial charge in [-0.25, -0.2) is 18.0 Å². The second kappa shape index (κ2) is 7.00. The Morgan fingerprint density at radius 2 is 2.08 bits per heavy atom. The van der Waals surface area contributed by atoms with Gasteiger partial charge in [0.1, 0.15) is 6.61 Å². The van der Waals surface area contributed by atoms with Crippen LogP contribution in [-0.4, -0.2) is 37.4 Å². The summed E-state index contributed by atoms with van der Waals surface area (Å²) in [7, 11) is -5.89. The van der Waals surface area contributed by atoms with Crippen LogP contribution in [0.25, 0.3) is 10.3 Å². The van der Waals surface area contributed by atoms with Crippen molar-refractivity contribution in [2.24, 2.45) is 0 Å². The van der Waals surface area contributed by atoms with Gasteiger partial charge in [0.2, 0.25) is 0 Å². The first-order chi connectivity index (χ1) is 11.5. The highest BCUT2D eigenvalue weighted by Crippen LogP contribution is 2.27. The summed E-state index contributed by atoms with van der Waals surface area (Å²) in [4.78, 5) is 22.4. The molecule has 1 aromatic carbocycles. The van der Waals surface area contributed by atoms with Crippen LogP contribution in [0.5, 0.6) is 5.75 Å². The number of hydrogen-bond donors (Lipinski definition) is 0. The molecule has 8 nitrogen and oxygen atoms in total. The molecule has 0 N–H and O–H groups in total. The van der Waals surface area contributed by atoms with Gasteiger partial charge in [-0.2, -0.15) is 8.78 Å². The average molecular weight is 395 g/mol. The Morgan fingerprint density at radius 1 is 1.40 bits per heavy atom. The number of ether oxygens (including phenoxy) is 2. The third-order valence-electron chi connectivity index (χ3n) is 2.72. The van der Waals surface area contributed by atoms with E-state index >= 15 is 0 Å². The van der Waals surface area contributed by atoms with Crippen molar-refractivity contribution in [2.75, 3.05) is 13.2 Å². The van der Waals surface area contributed by atoms with Crippen molar-refractivity contribution < 1.29 is 40.4 Å². The Kier molecular flexibility index (Phi) is 5.37. The Hall–Kier alpha value is -2.15. The SMILES string of the molecule is C=C(COCC(F)(F)S(=O)(=O)[O-])C(=O)Oc1cccc2sc(=O)oc12. The van der Waals surface area contributed by atoms with Crippen LogP contribution in [0.1, 0.15) is 0 Å². The second-order valence-electron chi connectivity index (χ2n) is 4.61. The minimum atomic E-state index is -5.89. The van der Waals surface area contributed by atoms with Gasteiger partial charge in [-0.05, 0) is 12.1 Å². The van der Waals surface area contributed by atoms with Crippen LogP contribution < -0.4 is 9.68 Å². The third-order valence-corrected chi connectivity index (χ3v) is 4.37. The molecular formula is C13H9F2O8S2-. The Labute approximate surface area is 143 Å². The first-order valence-electron chi connectivity index (χ1n) is 6.35. The molecular weight excluding hydrogens is 386 g/mol. The van der Waals surface area contributed by atoms with Gasteiger partial charge >= 0.3 is 16.2 Å². The lowest BCUT2D eigenvalue weighted by atomic mass is 10.3.